The third-order valence-corrected chi connectivity index (χ3v) is 2.03. The van der Waals surface area contributed by atoms with Gasteiger partial charge in [0.1, 0.15) is 11.9 Å². The van der Waals surface area contributed by atoms with Crippen molar-refractivity contribution in [3.63, 3.8) is 0 Å². The second-order valence-electron chi connectivity index (χ2n) is 3.17. The molecule has 0 unspecified atom stereocenters. The molecule has 0 saturated carbocycles. The van der Waals surface area contributed by atoms with E-state index in [0.717, 1.165) is 0 Å². The molecule has 88 valence electrons. The normalized spacial score (nSPS) is 9.94. The van der Waals surface area contributed by atoms with Gasteiger partial charge >= 0.3 is 0 Å². The second kappa shape index (κ2) is 5.11. The number of carbonyl (C=O) groups is 1. The van der Waals surface area contributed by atoms with Gasteiger partial charge in [-0.05, 0) is 19.1 Å². The Morgan fingerprint density at radius 2 is 2.29 bits per heavy atom. The largest absolute Gasteiger partial charge is 0.493 e. The van der Waals surface area contributed by atoms with Crippen LogP contribution in [0, 0.1) is 0 Å². The Balaban J connectivity index is 2.18. The minimum atomic E-state index is -0.326. The van der Waals surface area contributed by atoms with Crippen molar-refractivity contribution in [3.8, 4) is 5.75 Å². The topological polar surface area (TPSA) is 77.2 Å². The van der Waals surface area contributed by atoms with Gasteiger partial charge in [0, 0.05) is 5.27 Å². The molecule has 0 saturated heterocycles. The Morgan fingerprint density at radius 3 is 3.00 bits per heavy atom. The van der Waals surface area contributed by atoms with Crippen molar-refractivity contribution in [3.05, 3.63) is 36.0 Å². The van der Waals surface area contributed by atoms with E-state index in [-0.39, 0.29) is 11.8 Å². The van der Waals surface area contributed by atoms with Crippen LogP contribution in [0.2, 0.25) is 0 Å². The highest BCUT2D eigenvalue weighted by atomic mass is 16.5. The van der Waals surface area contributed by atoms with E-state index in [1.54, 1.807) is 24.3 Å². The molecule has 6 nitrogen and oxygen atoms in total. The quantitative estimate of drug-likeness (QED) is 0.869. The van der Waals surface area contributed by atoms with Crippen LogP contribution in [-0.4, -0.2) is 22.9 Å². The number of para-hydroxylation sites is 1. The lowest BCUT2D eigenvalue weighted by Crippen LogP contribution is -2.13. The summed E-state index contributed by atoms with van der Waals surface area (Å²) in [6.07, 6.45) is 1.32. The molecule has 0 radical (unpaired) electrons. The van der Waals surface area contributed by atoms with Crippen LogP contribution >= 0.6 is 0 Å². The van der Waals surface area contributed by atoms with Crippen LogP contribution in [0.25, 0.3) is 0 Å². The Bertz CT molecular complexity index is 496. The first kappa shape index (κ1) is 11.1. The number of amides is 1. The van der Waals surface area contributed by atoms with Gasteiger partial charge in [-0.15, -0.1) is 5.10 Å². The molecule has 1 aromatic heterocycles. The molecule has 1 aromatic carbocycles. The maximum Gasteiger partial charge on any atom is 0.261 e. The molecule has 0 spiro atoms. The van der Waals surface area contributed by atoms with E-state index in [2.05, 4.69) is 15.7 Å². The molecule has 1 N–H and O–H groups in total. The third kappa shape index (κ3) is 2.60. The zero-order chi connectivity index (χ0) is 12.1. The minimum absolute atomic E-state index is 0.196. The number of hydrogen-bond acceptors (Lipinski definition) is 5. The molecule has 17 heavy (non-hydrogen) atoms. The number of hydrogen-bond donors (Lipinski definition) is 1. The van der Waals surface area contributed by atoms with Gasteiger partial charge in [0.15, 0.2) is 0 Å². The summed E-state index contributed by atoms with van der Waals surface area (Å²) in [7, 11) is 0. The number of rotatable bonds is 4. The number of anilines is 1. The predicted octanol–water partition coefficient (Wildman–Crippen LogP) is 1.72. The molecule has 1 heterocycles. The third-order valence-electron chi connectivity index (χ3n) is 2.03. The summed E-state index contributed by atoms with van der Waals surface area (Å²) in [6.45, 7) is 2.35. The zero-order valence-electron chi connectivity index (χ0n) is 9.21. The lowest BCUT2D eigenvalue weighted by atomic mass is 10.2. The first-order chi connectivity index (χ1) is 8.31. The van der Waals surface area contributed by atoms with Crippen LogP contribution in [0.5, 0.6) is 5.75 Å². The van der Waals surface area contributed by atoms with Crippen molar-refractivity contribution in [1.29, 1.82) is 0 Å². The number of carbonyl (C=O) groups excluding carboxylic acids is 1. The standard InChI is InChI=1S/C11H11N3O3/c1-2-16-9-6-4-3-5-8(9)11(15)13-10-7-12-14-17-10/h3-7H,2H2,1H3,(H,13,15). The van der Waals surface area contributed by atoms with Crippen LogP contribution in [-0.2, 0) is 0 Å². The van der Waals surface area contributed by atoms with E-state index >= 15 is 0 Å². The van der Waals surface area contributed by atoms with Gasteiger partial charge in [0.05, 0.1) is 12.2 Å². The SMILES string of the molecule is CCOc1ccccc1C(=O)Nc1cnno1. The molecule has 0 fully saturated rings. The van der Waals surface area contributed by atoms with Crippen molar-refractivity contribution >= 4 is 11.8 Å². The van der Waals surface area contributed by atoms with Gasteiger partial charge in [-0.2, -0.15) is 0 Å². The van der Waals surface area contributed by atoms with E-state index in [0.29, 0.717) is 17.9 Å². The second-order valence-corrected chi connectivity index (χ2v) is 3.17. The maximum atomic E-state index is 11.9. The molecule has 2 rings (SSSR count). The molecule has 0 aliphatic rings. The number of benzene rings is 1. The van der Waals surface area contributed by atoms with Crippen LogP contribution in [0.15, 0.2) is 35.0 Å². The summed E-state index contributed by atoms with van der Waals surface area (Å²) in [5, 5.41) is 9.25. The molecule has 0 aliphatic heterocycles. The van der Waals surface area contributed by atoms with Crippen LogP contribution < -0.4 is 10.1 Å². The highest BCUT2D eigenvalue weighted by molar-refractivity contribution is 6.05. The van der Waals surface area contributed by atoms with E-state index in [9.17, 15) is 4.79 Å². The van der Waals surface area contributed by atoms with Crippen molar-refractivity contribution in [2.24, 2.45) is 0 Å². The molecule has 0 aliphatic carbocycles. The van der Waals surface area contributed by atoms with E-state index < -0.39 is 0 Å². The summed E-state index contributed by atoms with van der Waals surface area (Å²) < 4.78 is 10.0. The lowest BCUT2D eigenvalue weighted by molar-refractivity contribution is 0.102. The maximum absolute atomic E-state index is 11.9. The zero-order valence-corrected chi connectivity index (χ0v) is 9.21. The van der Waals surface area contributed by atoms with E-state index in [1.165, 1.54) is 6.20 Å². The number of nitrogens with zero attached hydrogens (tertiary/aromatic N) is 2. The summed E-state index contributed by atoms with van der Waals surface area (Å²) in [4.78, 5) is 11.9. The van der Waals surface area contributed by atoms with E-state index in [1.807, 2.05) is 6.92 Å². The summed E-state index contributed by atoms with van der Waals surface area (Å²) >= 11 is 0. The van der Waals surface area contributed by atoms with Crippen molar-refractivity contribution in [2.75, 3.05) is 11.9 Å². The predicted molar refractivity (Wildman–Crippen MR) is 59.9 cm³/mol. The Labute approximate surface area is 97.6 Å². The fourth-order valence-electron chi connectivity index (χ4n) is 1.34. The smallest absolute Gasteiger partial charge is 0.261 e. The fourth-order valence-corrected chi connectivity index (χ4v) is 1.34. The summed E-state index contributed by atoms with van der Waals surface area (Å²) in [6, 6.07) is 6.97. The molecule has 2 aromatic rings. The minimum Gasteiger partial charge on any atom is -0.493 e. The van der Waals surface area contributed by atoms with Crippen LogP contribution in [0.1, 0.15) is 17.3 Å². The number of aromatic nitrogens is 2. The highest BCUT2D eigenvalue weighted by Crippen LogP contribution is 2.19. The first-order valence-electron chi connectivity index (χ1n) is 5.11. The van der Waals surface area contributed by atoms with Gasteiger partial charge in [-0.3, -0.25) is 10.1 Å². The van der Waals surface area contributed by atoms with Gasteiger partial charge in [0.2, 0.25) is 0 Å². The summed E-state index contributed by atoms with van der Waals surface area (Å²) in [5.41, 5.74) is 0.436. The van der Waals surface area contributed by atoms with Crippen molar-refractivity contribution < 1.29 is 14.1 Å². The highest BCUT2D eigenvalue weighted by Gasteiger charge is 2.13. The van der Waals surface area contributed by atoms with Gasteiger partial charge in [-0.25, -0.2) is 0 Å². The fraction of sp³-hybridized carbons (Fsp3) is 0.182. The Morgan fingerprint density at radius 1 is 1.47 bits per heavy atom. The van der Waals surface area contributed by atoms with Gasteiger partial charge in [-0.1, -0.05) is 12.1 Å². The van der Waals surface area contributed by atoms with Crippen LogP contribution in [0.3, 0.4) is 0 Å². The molecular formula is C11H11N3O3. The Hall–Kier alpha value is -2.37. The molecule has 6 heteroatoms. The van der Waals surface area contributed by atoms with Gasteiger partial charge < -0.3 is 9.26 Å². The Kier molecular flexibility index (Phi) is 3.34. The average Bonchev–Trinajstić information content (AvgIpc) is 2.83. The van der Waals surface area contributed by atoms with Crippen molar-refractivity contribution in [1.82, 2.24) is 10.4 Å². The average molecular weight is 233 g/mol. The van der Waals surface area contributed by atoms with E-state index in [4.69, 9.17) is 9.26 Å². The van der Waals surface area contributed by atoms with Gasteiger partial charge in [0.25, 0.3) is 11.8 Å². The molecule has 1 amide bonds. The lowest BCUT2D eigenvalue weighted by Gasteiger charge is -2.08. The summed E-state index contributed by atoms with van der Waals surface area (Å²) in [5.74, 6) is 0.397. The first-order valence-corrected chi connectivity index (χ1v) is 5.11. The monoisotopic (exact) mass is 233 g/mol. The van der Waals surface area contributed by atoms with Crippen LogP contribution in [0.4, 0.5) is 5.88 Å². The number of ether oxygens (including phenoxy) is 1. The molecule has 0 bridgehead atoms. The number of nitrogens with one attached hydrogen (secondary N) is 1. The molecule has 0 atom stereocenters. The van der Waals surface area contributed by atoms with Crippen molar-refractivity contribution in [2.45, 2.75) is 6.92 Å². The molecular weight excluding hydrogens is 222 g/mol.